The molecular weight excluding hydrogens is 258 g/mol. The van der Waals surface area contributed by atoms with Gasteiger partial charge >= 0.3 is 0 Å². The van der Waals surface area contributed by atoms with Gasteiger partial charge in [-0.1, -0.05) is 0 Å². The lowest BCUT2D eigenvalue weighted by atomic mass is 10.0. The SMILES string of the molecule is NNc1cc(-n2cnc3c2CCCC3)cc([N+](=O)[O-])c1. The number of hydrogen-bond donors (Lipinski definition) is 2. The van der Waals surface area contributed by atoms with Crippen molar-refractivity contribution in [3.05, 3.63) is 46.0 Å². The number of nitrogens with zero attached hydrogens (tertiary/aromatic N) is 3. The third-order valence-electron chi connectivity index (χ3n) is 3.59. The third kappa shape index (κ3) is 2.12. The second-order valence-corrected chi connectivity index (χ2v) is 4.85. The molecular formula is C13H15N5O2. The lowest BCUT2D eigenvalue weighted by Crippen LogP contribution is -2.10. The van der Waals surface area contributed by atoms with Crippen LogP contribution in [0.15, 0.2) is 24.5 Å². The summed E-state index contributed by atoms with van der Waals surface area (Å²) in [4.78, 5) is 15.0. The Morgan fingerprint density at radius 1 is 1.30 bits per heavy atom. The zero-order valence-electron chi connectivity index (χ0n) is 10.9. The molecule has 1 aliphatic carbocycles. The zero-order valence-corrected chi connectivity index (χ0v) is 10.9. The van der Waals surface area contributed by atoms with Crippen molar-refractivity contribution >= 4 is 11.4 Å². The Morgan fingerprint density at radius 3 is 2.85 bits per heavy atom. The molecule has 3 rings (SSSR count). The average molecular weight is 273 g/mol. The first-order valence-electron chi connectivity index (χ1n) is 6.50. The molecule has 20 heavy (non-hydrogen) atoms. The van der Waals surface area contributed by atoms with Crippen molar-refractivity contribution in [2.75, 3.05) is 5.43 Å². The summed E-state index contributed by atoms with van der Waals surface area (Å²) in [6.07, 6.45) is 5.92. The van der Waals surface area contributed by atoms with Crippen LogP contribution in [0.1, 0.15) is 24.2 Å². The number of benzene rings is 1. The number of nitrogens with two attached hydrogens (primary N) is 1. The molecule has 7 nitrogen and oxygen atoms in total. The molecule has 0 unspecified atom stereocenters. The second kappa shape index (κ2) is 4.93. The van der Waals surface area contributed by atoms with E-state index in [1.54, 1.807) is 12.4 Å². The summed E-state index contributed by atoms with van der Waals surface area (Å²) in [5.74, 6) is 5.38. The van der Waals surface area contributed by atoms with E-state index >= 15 is 0 Å². The van der Waals surface area contributed by atoms with Gasteiger partial charge < -0.3 is 9.99 Å². The molecule has 104 valence electrons. The van der Waals surface area contributed by atoms with Gasteiger partial charge in [0.05, 0.1) is 28.3 Å². The van der Waals surface area contributed by atoms with Gasteiger partial charge in [0.25, 0.3) is 5.69 Å². The zero-order chi connectivity index (χ0) is 14.1. The van der Waals surface area contributed by atoms with E-state index in [0.29, 0.717) is 11.4 Å². The summed E-state index contributed by atoms with van der Waals surface area (Å²) in [5.41, 5.74) is 5.92. The minimum Gasteiger partial charge on any atom is -0.324 e. The molecule has 2 aromatic rings. The minimum absolute atomic E-state index is 0.00806. The van der Waals surface area contributed by atoms with Crippen LogP contribution in [0.4, 0.5) is 11.4 Å². The topological polar surface area (TPSA) is 99.0 Å². The van der Waals surface area contributed by atoms with Gasteiger partial charge in [-0.3, -0.25) is 16.0 Å². The monoisotopic (exact) mass is 273 g/mol. The number of nitro benzene ring substituents is 1. The van der Waals surface area contributed by atoms with Crippen LogP contribution in [0.2, 0.25) is 0 Å². The fourth-order valence-electron chi connectivity index (χ4n) is 2.61. The number of fused-ring (bicyclic) bond motifs is 1. The van der Waals surface area contributed by atoms with E-state index in [1.807, 2.05) is 4.57 Å². The van der Waals surface area contributed by atoms with Gasteiger partial charge in [0, 0.05) is 17.8 Å². The van der Waals surface area contributed by atoms with E-state index in [4.69, 9.17) is 5.84 Å². The molecule has 0 saturated carbocycles. The number of hydrogen-bond acceptors (Lipinski definition) is 5. The Kier molecular flexibility index (Phi) is 3.11. The molecule has 1 aromatic heterocycles. The van der Waals surface area contributed by atoms with Gasteiger partial charge in [0.2, 0.25) is 0 Å². The molecule has 0 bridgehead atoms. The van der Waals surface area contributed by atoms with E-state index in [2.05, 4.69) is 10.4 Å². The Bertz CT molecular complexity index is 665. The third-order valence-corrected chi connectivity index (χ3v) is 3.59. The molecule has 0 atom stereocenters. The average Bonchev–Trinajstić information content (AvgIpc) is 2.90. The molecule has 0 spiro atoms. The molecule has 0 saturated heterocycles. The standard InChI is InChI=1S/C13H15N5O2/c14-16-9-5-10(7-11(6-9)18(19)20)17-8-15-12-3-1-2-4-13(12)17/h5-8,16H,1-4,14H2. The van der Waals surface area contributed by atoms with Crippen LogP contribution in [-0.4, -0.2) is 14.5 Å². The van der Waals surface area contributed by atoms with Crippen molar-refractivity contribution in [3.8, 4) is 5.69 Å². The molecule has 0 radical (unpaired) electrons. The van der Waals surface area contributed by atoms with E-state index < -0.39 is 4.92 Å². The van der Waals surface area contributed by atoms with Crippen LogP contribution in [0, 0.1) is 10.1 Å². The number of anilines is 1. The lowest BCUT2D eigenvalue weighted by molar-refractivity contribution is -0.384. The fraction of sp³-hybridized carbons (Fsp3) is 0.308. The summed E-state index contributed by atoms with van der Waals surface area (Å²) in [7, 11) is 0. The number of nitro groups is 1. The first-order valence-corrected chi connectivity index (χ1v) is 6.50. The first kappa shape index (κ1) is 12.6. The number of nitrogen functional groups attached to an aromatic ring is 1. The minimum atomic E-state index is -0.423. The highest BCUT2D eigenvalue weighted by Crippen LogP contribution is 2.27. The van der Waals surface area contributed by atoms with Crippen LogP contribution < -0.4 is 11.3 Å². The van der Waals surface area contributed by atoms with E-state index in [1.165, 1.54) is 12.1 Å². The molecule has 0 fully saturated rings. The van der Waals surface area contributed by atoms with Crippen LogP contribution >= 0.6 is 0 Å². The molecule has 1 aromatic carbocycles. The molecule has 1 aliphatic rings. The Hall–Kier alpha value is -2.41. The quantitative estimate of drug-likeness (QED) is 0.506. The van der Waals surface area contributed by atoms with Crippen molar-refractivity contribution in [2.24, 2.45) is 5.84 Å². The number of hydrazine groups is 1. The van der Waals surface area contributed by atoms with Crippen molar-refractivity contribution in [1.29, 1.82) is 0 Å². The molecule has 7 heteroatoms. The lowest BCUT2D eigenvalue weighted by Gasteiger charge is -2.14. The number of rotatable bonds is 3. The predicted molar refractivity (Wildman–Crippen MR) is 74.7 cm³/mol. The largest absolute Gasteiger partial charge is 0.324 e. The van der Waals surface area contributed by atoms with Crippen LogP contribution in [-0.2, 0) is 12.8 Å². The van der Waals surface area contributed by atoms with Gasteiger partial charge in [-0.15, -0.1) is 0 Å². The molecule has 0 aliphatic heterocycles. The van der Waals surface area contributed by atoms with Gasteiger partial charge in [0.1, 0.15) is 0 Å². The van der Waals surface area contributed by atoms with Gasteiger partial charge in [-0.2, -0.15) is 0 Å². The highest BCUT2D eigenvalue weighted by molar-refractivity contribution is 5.58. The number of non-ortho nitro benzene ring substituents is 1. The fourth-order valence-corrected chi connectivity index (χ4v) is 2.61. The maximum absolute atomic E-state index is 11.0. The molecule has 1 heterocycles. The number of imidazole rings is 1. The number of aryl methyl sites for hydroxylation is 1. The van der Waals surface area contributed by atoms with E-state index in [9.17, 15) is 10.1 Å². The summed E-state index contributed by atoms with van der Waals surface area (Å²) in [5, 5.41) is 11.0. The smallest absolute Gasteiger partial charge is 0.273 e. The number of aromatic nitrogens is 2. The Balaban J connectivity index is 2.11. The summed E-state index contributed by atoms with van der Waals surface area (Å²) >= 11 is 0. The van der Waals surface area contributed by atoms with Crippen molar-refractivity contribution in [3.63, 3.8) is 0 Å². The maximum Gasteiger partial charge on any atom is 0.273 e. The highest BCUT2D eigenvalue weighted by Gasteiger charge is 2.18. The van der Waals surface area contributed by atoms with Gasteiger partial charge in [-0.25, -0.2) is 4.98 Å². The molecule has 0 amide bonds. The Morgan fingerprint density at radius 2 is 2.10 bits per heavy atom. The number of nitrogens with one attached hydrogen (secondary N) is 1. The Labute approximate surface area is 115 Å². The van der Waals surface area contributed by atoms with Crippen molar-refractivity contribution in [1.82, 2.24) is 9.55 Å². The summed E-state index contributed by atoms with van der Waals surface area (Å²) in [6, 6.07) is 4.73. The van der Waals surface area contributed by atoms with Crippen molar-refractivity contribution in [2.45, 2.75) is 25.7 Å². The normalized spacial score (nSPS) is 13.8. The second-order valence-electron chi connectivity index (χ2n) is 4.85. The van der Waals surface area contributed by atoms with Crippen LogP contribution in [0.5, 0.6) is 0 Å². The van der Waals surface area contributed by atoms with E-state index in [0.717, 1.165) is 37.1 Å². The highest BCUT2D eigenvalue weighted by atomic mass is 16.6. The first-order chi connectivity index (χ1) is 9.69. The summed E-state index contributed by atoms with van der Waals surface area (Å²) in [6.45, 7) is 0. The van der Waals surface area contributed by atoms with Crippen LogP contribution in [0.25, 0.3) is 5.69 Å². The predicted octanol–water partition coefficient (Wildman–Crippen LogP) is 1.94. The molecule has 3 N–H and O–H groups in total. The maximum atomic E-state index is 11.0. The van der Waals surface area contributed by atoms with Crippen molar-refractivity contribution < 1.29 is 4.92 Å². The van der Waals surface area contributed by atoms with Gasteiger partial charge in [-0.05, 0) is 31.7 Å². The van der Waals surface area contributed by atoms with Crippen LogP contribution in [0.3, 0.4) is 0 Å². The van der Waals surface area contributed by atoms with Gasteiger partial charge in [0.15, 0.2) is 0 Å². The summed E-state index contributed by atoms with van der Waals surface area (Å²) < 4.78 is 1.92. The van der Waals surface area contributed by atoms with E-state index in [-0.39, 0.29) is 5.69 Å².